The highest BCUT2D eigenvalue weighted by Gasteiger charge is 2.20. The standard InChI is InChI=1S/C21H22ClN5O2S2/c1-3-15(4-2)27-18(11-28-17-8-6-5-7-16(17)22)24-25-21(27)31-13-19-23-20(26-29-19)14-9-10-30-12-14/h5-10,12,15H,3-4,11,13H2,1-2H3. The molecule has 0 aliphatic rings. The number of ether oxygens (including phenoxy) is 1. The lowest BCUT2D eigenvalue weighted by Gasteiger charge is -2.19. The summed E-state index contributed by atoms with van der Waals surface area (Å²) in [5, 5.41) is 18.2. The first-order chi connectivity index (χ1) is 15.2. The molecular weight excluding hydrogens is 454 g/mol. The van der Waals surface area contributed by atoms with Crippen LogP contribution in [0.25, 0.3) is 11.4 Å². The molecule has 3 heterocycles. The van der Waals surface area contributed by atoms with Gasteiger partial charge in [-0.1, -0.05) is 54.5 Å². The van der Waals surface area contributed by atoms with Crippen molar-refractivity contribution in [3.8, 4) is 17.1 Å². The van der Waals surface area contributed by atoms with Crippen LogP contribution in [0.15, 0.2) is 50.8 Å². The Morgan fingerprint density at radius 2 is 2.03 bits per heavy atom. The smallest absolute Gasteiger partial charge is 0.237 e. The Bertz CT molecular complexity index is 1110. The number of hydrogen-bond donors (Lipinski definition) is 0. The second-order valence-corrected chi connectivity index (χ2v) is 8.90. The van der Waals surface area contributed by atoms with Gasteiger partial charge in [0.2, 0.25) is 11.7 Å². The van der Waals surface area contributed by atoms with Crippen LogP contribution >= 0.6 is 34.7 Å². The summed E-state index contributed by atoms with van der Waals surface area (Å²) in [6.07, 6.45) is 1.92. The number of benzene rings is 1. The average molecular weight is 476 g/mol. The van der Waals surface area contributed by atoms with Crippen molar-refractivity contribution < 1.29 is 9.26 Å². The van der Waals surface area contributed by atoms with Crippen molar-refractivity contribution in [1.29, 1.82) is 0 Å². The molecule has 0 radical (unpaired) electrons. The monoisotopic (exact) mass is 475 g/mol. The third-order valence-corrected chi connectivity index (χ3v) is 6.73. The largest absolute Gasteiger partial charge is 0.484 e. The molecule has 0 spiro atoms. The van der Waals surface area contributed by atoms with E-state index in [0.29, 0.717) is 28.2 Å². The summed E-state index contributed by atoms with van der Waals surface area (Å²) in [6.45, 7) is 4.61. The minimum atomic E-state index is 0.270. The fraction of sp³-hybridized carbons (Fsp3) is 0.333. The average Bonchev–Trinajstić information content (AvgIpc) is 3.54. The lowest BCUT2D eigenvalue weighted by molar-refractivity contribution is 0.278. The van der Waals surface area contributed by atoms with Crippen LogP contribution in [0.5, 0.6) is 5.75 Å². The van der Waals surface area contributed by atoms with Gasteiger partial charge in [-0.25, -0.2) is 0 Å². The first-order valence-corrected chi connectivity index (χ1v) is 12.3. The molecule has 1 aromatic carbocycles. The molecule has 31 heavy (non-hydrogen) atoms. The van der Waals surface area contributed by atoms with Gasteiger partial charge >= 0.3 is 0 Å². The van der Waals surface area contributed by atoms with Gasteiger partial charge in [0.25, 0.3) is 0 Å². The minimum absolute atomic E-state index is 0.270. The Labute approximate surface area is 193 Å². The van der Waals surface area contributed by atoms with Crippen molar-refractivity contribution in [3.05, 3.63) is 57.8 Å². The molecule has 0 aliphatic heterocycles. The van der Waals surface area contributed by atoms with Crippen molar-refractivity contribution in [1.82, 2.24) is 24.9 Å². The van der Waals surface area contributed by atoms with Crippen LogP contribution in [0, 0.1) is 0 Å². The van der Waals surface area contributed by atoms with Crippen LogP contribution in [0.1, 0.15) is 44.4 Å². The Balaban J connectivity index is 1.50. The number of halogens is 1. The predicted molar refractivity (Wildman–Crippen MR) is 123 cm³/mol. The topological polar surface area (TPSA) is 78.9 Å². The van der Waals surface area contributed by atoms with E-state index in [-0.39, 0.29) is 12.6 Å². The van der Waals surface area contributed by atoms with Crippen molar-refractivity contribution in [2.24, 2.45) is 0 Å². The number of hydrogen-bond acceptors (Lipinski definition) is 8. The van der Waals surface area contributed by atoms with Gasteiger partial charge in [0.05, 0.1) is 10.8 Å². The summed E-state index contributed by atoms with van der Waals surface area (Å²) >= 11 is 9.35. The molecule has 3 aromatic heterocycles. The van der Waals surface area contributed by atoms with Gasteiger partial charge in [-0.05, 0) is 36.4 Å². The number of thioether (sulfide) groups is 1. The molecular formula is C21H22ClN5O2S2. The molecule has 0 aliphatic carbocycles. The van der Waals surface area contributed by atoms with Crippen LogP contribution in [0.3, 0.4) is 0 Å². The van der Waals surface area contributed by atoms with Crippen LogP contribution in [0.2, 0.25) is 5.02 Å². The van der Waals surface area contributed by atoms with Crippen molar-refractivity contribution in [2.75, 3.05) is 0 Å². The van der Waals surface area contributed by atoms with E-state index in [4.69, 9.17) is 20.9 Å². The lowest BCUT2D eigenvalue weighted by Crippen LogP contribution is -2.14. The quantitative estimate of drug-likeness (QED) is 0.250. The fourth-order valence-corrected chi connectivity index (χ4v) is 4.86. The summed E-state index contributed by atoms with van der Waals surface area (Å²) in [5.41, 5.74) is 0.962. The molecule has 4 aromatic rings. The van der Waals surface area contributed by atoms with E-state index in [1.54, 1.807) is 17.4 Å². The molecule has 4 rings (SSSR count). The third-order valence-electron chi connectivity index (χ3n) is 4.81. The predicted octanol–water partition coefficient (Wildman–Crippen LogP) is 6.28. The highest BCUT2D eigenvalue weighted by molar-refractivity contribution is 7.98. The summed E-state index contributed by atoms with van der Waals surface area (Å²) in [7, 11) is 0. The molecule has 10 heteroatoms. The summed E-state index contributed by atoms with van der Waals surface area (Å²) in [5.74, 6) is 3.07. The molecule has 0 saturated heterocycles. The van der Waals surface area contributed by atoms with Crippen molar-refractivity contribution >= 4 is 34.7 Å². The summed E-state index contributed by atoms with van der Waals surface area (Å²) in [4.78, 5) is 4.49. The zero-order chi connectivity index (χ0) is 21.6. The maximum atomic E-state index is 6.21. The number of thiophene rings is 1. The van der Waals surface area contributed by atoms with Crippen molar-refractivity contribution in [3.63, 3.8) is 0 Å². The van der Waals surface area contributed by atoms with E-state index in [1.165, 1.54) is 11.8 Å². The Morgan fingerprint density at radius 3 is 2.77 bits per heavy atom. The zero-order valence-corrected chi connectivity index (χ0v) is 19.6. The highest BCUT2D eigenvalue weighted by atomic mass is 35.5. The van der Waals surface area contributed by atoms with E-state index < -0.39 is 0 Å². The van der Waals surface area contributed by atoms with Crippen LogP contribution in [0.4, 0.5) is 0 Å². The number of nitrogens with zero attached hydrogens (tertiary/aromatic N) is 5. The summed E-state index contributed by atoms with van der Waals surface area (Å²) in [6, 6.07) is 9.66. The molecule has 0 unspecified atom stereocenters. The normalized spacial score (nSPS) is 11.4. The molecule has 0 atom stereocenters. The van der Waals surface area contributed by atoms with E-state index in [2.05, 4.69) is 38.8 Å². The van der Waals surface area contributed by atoms with E-state index in [9.17, 15) is 0 Å². The maximum absolute atomic E-state index is 6.21. The lowest BCUT2D eigenvalue weighted by atomic mass is 10.2. The third kappa shape index (κ3) is 5.11. The molecule has 0 bridgehead atoms. The maximum Gasteiger partial charge on any atom is 0.237 e. The minimum Gasteiger partial charge on any atom is -0.484 e. The van der Waals surface area contributed by atoms with Crippen LogP contribution in [-0.4, -0.2) is 24.9 Å². The molecule has 0 N–H and O–H groups in total. The van der Waals surface area contributed by atoms with Gasteiger partial charge in [0.15, 0.2) is 11.0 Å². The SMILES string of the molecule is CCC(CC)n1c(COc2ccccc2Cl)nnc1SCc1nc(-c2ccsc2)no1. The number of aromatic nitrogens is 5. The van der Waals surface area contributed by atoms with Crippen molar-refractivity contribution in [2.45, 2.75) is 50.2 Å². The Hall–Kier alpha value is -2.36. The second-order valence-electron chi connectivity index (χ2n) is 6.77. The van der Waals surface area contributed by atoms with Gasteiger partial charge in [0.1, 0.15) is 12.4 Å². The van der Waals surface area contributed by atoms with Gasteiger partial charge in [0, 0.05) is 17.0 Å². The number of rotatable bonds is 10. The van der Waals surface area contributed by atoms with Crippen LogP contribution < -0.4 is 4.74 Å². The van der Waals surface area contributed by atoms with E-state index >= 15 is 0 Å². The molecule has 7 nitrogen and oxygen atoms in total. The molecule has 0 amide bonds. The van der Waals surface area contributed by atoms with Gasteiger partial charge in [-0.15, -0.1) is 10.2 Å². The highest BCUT2D eigenvalue weighted by Crippen LogP contribution is 2.30. The Morgan fingerprint density at radius 1 is 1.19 bits per heavy atom. The van der Waals surface area contributed by atoms with Gasteiger partial charge in [-0.3, -0.25) is 0 Å². The molecule has 162 valence electrons. The summed E-state index contributed by atoms with van der Waals surface area (Å²) < 4.78 is 13.5. The first kappa shape index (κ1) is 21.9. The molecule has 0 fully saturated rings. The second kappa shape index (κ2) is 10.3. The zero-order valence-electron chi connectivity index (χ0n) is 17.2. The van der Waals surface area contributed by atoms with Gasteiger partial charge < -0.3 is 13.8 Å². The van der Waals surface area contributed by atoms with E-state index in [0.717, 1.165) is 29.4 Å². The first-order valence-electron chi connectivity index (χ1n) is 9.98. The van der Waals surface area contributed by atoms with Gasteiger partial charge in [-0.2, -0.15) is 16.3 Å². The fourth-order valence-electron chi connectivity index (χ4n) is 3.18. The molecule has 0 saturated carbocycles. The van der Waals surface area contributed by atoms with Crippen LogP contribution in [-0.2, 0) is 12.4 Å². The number of para-hydroxylation sites is 1. The van der Waals surface area contributed by atoms with E-state index in [1.807, 2.05) is 35.0 Å². The Kier molecular flexibility index (Phi) is 7.26.